The van der Waals surface area contributed by atoms with Gasteiger partial charge in [-0.3, -0.25) is 4.79 Å². The molecular weight excluding hydrogens is 520 g/mol. The minimum atomic E-state index is -4.23. The molecule has 0 aliphatic carbocycles. The van der Waals surface area contributed by atoms with Gasteiger partial charge >= 0.3 is 0 Å². The van der Waals surface area contributed by atoms with Crippen molar-refractivity contribution in [2.45, 2.75) is 32.6 Å². The van der Waals surface area contributed by atoms with Crippen molar-refractivity contribution in [3.05, 3.63) is 130 Å². The molecule has 0 aliphatic heterocycles. The summed E-state index contributed by atoms with van der Waals surface area (Å²) in [6, 6.07) is 28.2. The molecule has 204 valence electrons. The molecule has 0 radical (unpaired) electrons. The summed E-state index contributed by atoms with van der Waals surface area (Å²) in [4.78, 5) is 13.9. The summed E-state index contributed by atoms with van der Waals surface area (Å²) in [5.74, 6) is -0.813. The number of hydrogen-bond donors (Lipinski definition) is 3. The van der Waals surface area contributed by atoms with Gasteiger partial charge in [0, 0.05) is 11.4 Å². The molecule has 0 aromatic heterocycles. The summed E-state index contributed by atoms with van der Waals surface area (Å²) in [7, 11) is -4.23. The molecule has 7 nitrogen and oxygen atoms in total. The van der Waals surface area contributed by atoms with Gasteiger partial charge < -0.3 is 16.4 Å². The maximum atomic E-state index is 13.9. The molecule has 8 heteroatoms. The average molecular weight is 553 g/mol. The molecule has 4 N–H and O–H groups in total. The number of amidine groups is 1. The van der Waals surface area contributed by atoms with Crippen LogP contribution >= 0.6 is 0 Å². The van der Waals surface area contributed by atoms with Gasteiger partial charge in [-0.1, -0.05) is 82.9 Å². The van der Waals surface area contributed by atoms with Gasteiger partial charge in [0.05, 0.1) is 10.6 Å². The first-order valence-electron chi connectivity index (χ1n) is 12.7. The van der Waals surface area contributed by atoms with E-state index in [1.165, 1.54) is 12.1 Å². The van der Waals surface area contributed by atoms with E-state index < -0.39 is 15.9 Å². The van der Waals surface area contributed by atoms with Crippen molar-refractivity contribution in [1.82, 2.24) is 0 Å². The van der Waals surface area contributed by atoms with Gasteiger partial charge in [0.2, 0.25) is 0 Å². The maximum absolute atomic E-state index is 13.9. The van der Waals surface area contributed by atoms with Crippen LogP contribution in [-0.4, -0.2) is 20.2 Å². The topological polar surface area (TPSA) is 114 Å². The normalized spacial score (nSPS) is 12.4. The summed E-state index contributed by atoms with van der Waals surface area (Å²) in [5.41, 5.74) is 12.2. The monoisotopic (exact) mass is 552 g/mol. The van der Waals surface area contributed by atoms with Crippen LogP contribution in [0.1, 0.15) is 27.8 Å². The van der Waals surface area contributed by atoms with E-state index in [-0.39, 0.29) is 22.0 Å². The van der Waals surface area contributed by atoms with Crippen molar-refractivity contribution >= 4 is 38.8 Å². The number of nitrogens with zero attached hydrogens (tertiary/aromatic N) is 1. The van der Waals surface area contributed by atoms with Crippen molar-refractivity contribution in [2.24, 2.45) is 10.1 Å². The van der Waals surface area contributed by atoms with Crippen molar-refractivity contribution in [2.75, 3.05) is 10.6 Å². The van der Waals surface area contributed by atoms with Crippen LogP contribution < -0.4 is 16.4 Å². The minimum absolute atomic E-state index is 0.00601. The fourth-order valence-electron chi connectivity index (χ4n) is 3.85. The zero-order valence-electron chi connectivity index (χ0n) is 22.9. The average Bonchev–Trinajstić information content (AvgIpc) is 2.92. The van der Waals surface area contributed by atoms with Crippen LogP contribution in [-0.2, 0) is 14.8 Å². The van der Waals surface area contributed by atoms with Gasteiger partial charge in [0.25, 0.3) is 15.9 Å². The summed E-state index contributed by atoms with van der Waals surface area (Å²) in [5, 5.41) is 5.90. The number of sulfonamides is 1. The standard InChI is InChI=1S/C32H32N4O3S/c1-21-5-13-25(14-6-21)30(33)29(32(37)35-27-17-9-23(3)10-18-27)31(34-26-15-7-22(2)8-16-26)36-40(38,39)28-19-11-24(4)12-20-28/h5-20H,33H2,1-4H3,(H,34,36)(H,35,37)/b30-29-. The SMILES string of the molecule is Cc1ccc(NC(=O)C(/C(=N/S(=O)(=O)c2ccc(C)cc2)Nc2ccc(C)cc2)=C(\N)c2ccc(C)cc2)cc1. The lowest BCUT2D eigenvalue weighted by Gasteiger charge is -2.17. The predicted octanol–water partition coefficient (Wildman–Crippen LogP) is 6.13. The second-order valence-electron chi connectivity index (χ2n) is 9.69. The summed E-state index contributed by atoms with van der Waals surface area (Å²) >= 11 is 0. The van der Waals surface area contributed by atoms with E-state index in [9.17, 15) is 13.2 Å². The van der Waals surface area contributed by atoms with Gasteiger partial charge in [-0.2, -0.15) is 8.42 Å². The largest absolute Gasteiger partial charge is 0.397 e. The third-order valence-electron chi connectivity index (χ3n) is 6.25. The Morgan fingerprint density at radius 2 is 1.02 bits per heavy atom. The lowest BCUT2D eigenvalue weighted by molar-refractivity contribution is -0.112. The molecule has 40 heavy (non-hydrogen) atoms. The molecule has 0 heterocycles. The Labute approximate surface area is 235 Å². The fraction of sp³-hybridized carbons (Fsp3) is 0.125. The summed E-state index contributed by atoms with van der Waals surface area (Å²) < 4.78 is 31.2. The lowest BCUT2D eigenvalue weighted by Crippen LogP contribution is -2.29. The maximum Gasteiger partial charge on any atom is 0.284 e. The van der Waals surface area contributed by atoms with Gasteiger partial charge in [-0.15, -0.1) is 4.40 Å². The third kappa shape index (κ3) is 7.03. The van der Waals surface area contributed by atoms with Crippen LogP contribution in [0.25, 0.3) is 5.70 Å². The highest BCUT2D eigenvalue weighted by molar-refractivity contribution is 7.90. The van der Waals surface area contributed by atoms with Gasteiger partial charge in [-0.25, -0.2) is 0 Å². The van der Waals surface area contributed by atoms with Crippen LogP contribution in [0, 0.1) is 27.7 Å². The molecule has 0 spiro atoms. The van der Waals surface area contributed by atoms with E-state index in [2.05, 4.69) is 15.0 Å². The Bertz CT molecular complexity index is 1670. The molecular formula is C32H32N4O3S. The quantitative estimate of drug-likeness (QED) is 0.145. The Hall–Kier alpha value is -4.69. The molecule has 0 unspecified atom stereocenters. The number of benzene rings is 4. The van der Waals surface area contributed by atoms with Crippen LogP contribution in [0.3, 0.4) is 0 Å². The van der Waals surface area contributed by atoms with Crippen molar-refractivity contribution in [3.63, 3.8) is 0 Å². The van der Waals surface area contributed by atoms with Crippen molar-refractivity contribution in [1.29, 1.82) is 0 Å². The lowest BCUT2D eigenvalue weighted by atomic mass is 10.0. The highest BCUT2D eigenvalue weighted by Crippen LogP contribution is 2.23. The second-order valence-corrected chi connectivity index (χ2v) is 11.3. The Balaban J connectivity index is 1.92. The number of hydrogen-bond acceptors (Lipinski definition) is 4. The molecule has 0 atom stereocenters. The van der Waals surface area contributed by atoms with Gasteiger partial charge in [-0.05, 0) is 69.7 Å². The third-order valence-corrected chi connectivity index (χ3v) is 7.54. The molecule has 4 rings (SSSR count). The smallest absolute Gasteiger partial charge is 0.284 e. The van der Waals surface area contributed by atoms with Crippen LogP contribution in [0.5, 0.6) is 0 Å². The number of rotatable bonds is 7. The molecule has 4 aromatic rings. The number of carbonyl (C=O) groups is 1. The zero-order valence-corrected chi connectivity index (χ0v) is 23.7. The highest BCUT2D eigenvalue weighted by Gasteiger charge is 2.25. The number of anilines is 2. The van der Waals surface area contributed by atoms with Crippen molar-refractivity contribution < 1.29 is 13.2 Å². The molecule has 1 amide bonds. The second kappa shape index (κ2) is 12.0. The summed E-state index contributed by atoms with van der Waals surface area (Å²) in [6.45, 7) is 7.69. The van der Waals surface area contributed by atoms with E-state index in [0.29, 0.717) is 16.9 Å². The van der Waals surface area contributed by atoms with E-state index in [1.807, 2.05) is 64.1 Å². The van der Waals surface area contributed by atoms with E-state index in [1.54, 1.807) is 48.5 Å². The number of carbonyl (C=O) groups excluding carboxylic acids is 1. The fourth-order valence-corrected chi connectivity index (χ4v) is 4.82. The Morgan fingerprint density at radius 3 is 1.50 bits per heavy atom. The van der Waals surface area contributed by atoms with Gasteiger partial charge in [0.1, 0.15) is 5.57 Å². The van der Waals surface area contributed by atoms with E-state index in [4.69, 9.17) is 5.73 Å². The first-order chi connectivity index (χ1) is 19.0. The molecule has 4 aromatic carbocycles. The molecule has 0 saturated carbocycles. The number of nitrogens with two attached hydrogens (primary N) is 1. The molecule has 0 aliphatic rings. The Kier molecular flexibility index (Phi) is 8.50. The summed E-state index contributed by atoms with van der Waals surface area (Å²) in [6.07, 6.45) is 0. The molecule has 0 saturated heterocycles. The molecule has 0 fully saturated rings. The number of nitrogens with one attached hydrogen (secondary N) is 2. The number of amides is 1. The first-order valence-corrected chi connectivity index (χ1v) is 14.2. The first kappa shape index (κ1) is 28.3. The highest BCUT2D eigenvalue weighted by atomic mass is 32.2. The van der Waals surface area contributed by atoms with E-state index in [0.717, 1.165) is 22.3 Å². The van der Waals surface area contributed by atoms with Gasteiger partial charge in [0.15, 0.2) is 5.84 Å². The van der Waals surface area contributed by atoms with Crippen LogP contribution in [0.15, 0.2) is 112 Å². The predicted molar refractivity (Wildman–Crippen MR) is 163 cm³/mol. The Morgan fingerprint density at radius 1 is 0.625 bits per heavy atom. The number of aryl methyl sites for hydroxylation is 4. The molecule has 0 bridgehead atoms. The van der Waals surface area contributed by atoms with Crippen LogP contribution in [0.4, 0.5) is 11.4 Å². The van der Waals surface area contributed by atoms with Crippen LogP contribution in [0.2, 0.25) is 0 Å². The zero-order chi connectivity index (χ0) is 28.9. The minimum Gasteiger partial charge on any atom is -0.397 e. The van der Waals surface area contributed by atoms with E-state index >= 15 is 0 Å². The van der Waals surface area contributed by atoms with Crippen molar-refractivity contribution in [3.8, 4) is 0 Å².